The lowest BCUT2D eigenvalue weighted by atomic mass is 10.0. The van der Waals surface area contributed by atoms with Crippen LogP contribution >= 0.6 is 0 Å². The Morgan fingerprint density at radius 3 is 2.76 bits per heavy atom. The molecule has 29 heavy (non-hydrogen) atoms. The minimum atomic E-state index is -0.304. The Kier molecular flexibility index (Phi) is 4.74. The maximum Gasteiger partial charge on any atom is 0.229 e. The van der Waals surface area contributed by atoms with Gasteiger partial charge in [0.2, 0.25) is 5.91 Å². The van der Waals surface area contributed by atoms with E-state index in [1.165, 1.54) is 0 Å². The first-order valence-electron chi connectivity index (χ1n) is 9.78. The monoisotopic (exact) mass is 390 g/mol. The smallest absolute Gasteiger partial charge is 0.229 e. The lowest BCUT2D eigenvalue weighted by Gasteiger charge is -2.22. The van der Waals surface area contributed by atoms with Gasteiger partial charge in [0.25, 0.3) is 0 Å². The van der Waals surface area contributed by atoms with Gasteiger partial charge in [0, 0.05) is 30.2 Å². The Hall–Kier alpha value is -2.99. The SMILES string of the molecule is COC(C)(C)[C@@H]1C[C@H]1C(=O)Nc1cc2cc(-c3ccccc3C)nc(N)c2cn1. The highest BCUT2D eigenvalue weighted by Gasteiger charge is 2.52. The topological polar surface area (TPSA) is 90.1 Å². The molecular formula is C23H26N4O2. The van der Waals surface area contributed by atoms with E-state index in [-0.39, 0.29) is 23.3 Å². The summed E-state index contributed by atoms with van der Waals surface area (Å²) in [5.41, 5.74) is 8.85. The summed E-state index contributed by atoms with van der Waals surface area (Å²) in [5, 5.41) is 4.61. The summed E-state index contributed by atoms with van der Waals surface area (Å²) in [6.45, 7) is 6.08. The lowest BCUT2D eigenvalue weighted by molar-refractivity contribution is -0.118. The number of aromatic nitrogens is 2. The molecule has 1 saturated carbocycles. The normalized spacial score (nSPS) is 18.6. The van der Waals surface area contributed by atoms with Gasteiger partial charge in [-0.05, 0) is 56.2 Å². The molecule has 1 aliphatic carbocycles. The third kappa shape index (κ3) is 3.68. The third-order valence-corrected chi connectivity index (χ3v) is 5.96. The van der Waals surface area contributed by atoms with Gasteiger partial charge in [-0.3, -0.25) is 4.79 Å². The number of methoxy groups -OCH3 is 1. The second kappa shape index (κ2) is 7.12. The van der Waals surface area contributed by atoms with Crippen molar-refractivity contribution < 1.29 is 9.53 Å². The Balaban J connectivity index is 1.61. The molecule has 2 heterocycles. The average molecular weight is 390 g/mol. The molecule has 0 bridgehead atoms. The molecule has 150 valence electrons. The minimum absolute atomic E-state index is 0.0202. The van der Waals surface area contributed by atoms with E-state index in [1.54, 1.807) is 13.3 Å². The quantitative estimate of drug-likeness (QED) is 0.682. The molecule has 1 aliphatic rings. The fourth-order valence-corrected chi connectivity index (χ4v) is 3.86. The summed E-state index contributed by atoms with van der Waals surface area (Å²) < 4.78 is 5.51. The van der Waals surface area contributed by atoms with E-state index in [2.05, 4.69) is 15.3 Å². The molecule has 0 aliphatic heterocycles. The number of fused-ring (bicyclic) bond motifs is 1. The molecule has 3 aromatic rings. The van der Waals surface area contributed by atoms with Crippen LogP contribution in [-0.2, 0) is 9.53 Å². The molecule has 2 aromatic heterocycles. The van der Waals surface area contributed by atoms with Crippen LogP contribution in [0.3, 0.4) is 0 Å². The fourth-order valence-electron chi connectivity index (χ4n) is 3.86. The van der Waals surface area contributed by atoms with Gasteiger partial charge in [-0.1, -0.05) is 24.3 Å². The van der Waals surface area contributed by atoms with E-state index in [9.17, 15) is 4.79 Å². The summed E-state index contributed by atoms with van der Waals surface area (Å²) in [6.07, 6.45) is 2.49. The van der Waals surface area contributed by atoms with Crippen molar-refractivity contribution in [1.82, 2.24) is 9.97 Å². The fraction of sp³-hybridized carbons (Fsp3) is 0.348. The molecule has 0 unspecified atom stereocenters. The molecule has 2 atom stereocenters. The number of nitrogen functional groups attached to an aromatic ring is 1. The zero-order chi connectivity index (χ0) is 20.8. The Labute approximate surface area is 170 Å². The summed E-state index contributed by atoms with van der Waals surface area (Å²) in [7, 11) is 1.68. The van der Waals surface area contributed by atoms with Crippen LogP contribution in [0, 0.1) is 18.8 Å². The van der Waals surface area contributed by atoms with Crippen molar-refractivity contribution in [3.63, 3.8) is 0 Å². The van der Waals surface area contributed by atoms with Gasteiger partial charge in [-0.2, -0.15) is 0 Å². The second-order valence-electron chi connectivity index (χ2n) is 8.24. The van der Waals surface area contributed by atoms with Crippen LogP contribution in [0.25, 0.3) is 22.0 Å². The predicted molar refractivity (Wildman–Crippen MR) is 115 cm³/mol. The minimum Gasteiger partial charge on any atom is -0.383 e. The van der Waals surface area contributed by atoms with Crippen LogP contribution in [0.5, 0.6) is 0 Å². The van der Waals surface area contributed by atoms with Gasteiger partial charge in [0.15, 0.2) is 0 Å². The van der Waals surface area contributed by atoms with Gasteiger partial charge in [-0.15, -0.1) is 0 Å². The molecule has 1 amide bonds. The van der Waals surface area contributed by atoms with E-state index in [0.717, 1.165) is 34.0 Å². The van der Waals surface area contributed by atoms with E-state index in [0.29, 0.717) is 11.6 Å². The molecule has 4 rings (SSSR count). The average Bonchev–Trinajstić information content (AvgIpc) is 3.50. The van der Waals surface area contributed by atoms with Gasteiger partial charge in [-0.25, -0.2) is 9.97 Å². The number of nitrogens with one attached hydrogen (secondary N) is 1. The molecule has 0 spiro atoms. The van der Waals surface area contributed by atoms with Crippen molar-refractivity contribution in [1.29, 1.82) is 0 Å². The van der Waals surface area contributed by atoms with Crippen LogP contribution in [0.1, 0.15) is 25.8 Å². The van der Waals surface area contributed by atoms with E-state index in [4.69, 9.17) is 10.5 Å². The Bertz CT molecular complexity index is 1090. The second-order valence-corrected chi connectivity index (χ2v) is 8.24. The van der Waals surface area contributed by atoms with E-state index >= 15 is 0 Å². The van der Waals surface area contributed by atoms with Gasteiger partial charge in [0.05, 0.1) is 11.3 Å². The zero-order valence-corrected chi connectivity index (χ0v) is 17.2. The molecular weight excluding hydrogens is 364 g/mol. The number of amides is 1. The molecule has 3 N–H and O–H groups in total. The first-order valence-corrected chi connectivity index (χ1v) is 9.78. The Morgan fingerprint density at radius 1 is 1.28 bits per heavy atom. The van der Waals surface area contributed by atoms with Crippen LogP contribution < -0.4 is 11.1 Å². The first kappa shape index (κ1) is 19.3. The van der Waals surface area contributed by atoms with E-state index < -0.39 is 0 Å². The van der Waals surface area contributed by atoms with Crippen molar-refractivity contribution in [2.45, 2.75) is 32.8 Å². The molecule has 1 aromatic carbocycles. The van der Waals surface area contributed by atoms with Crippen molar-refractivity contribution >= 4 is 28.3 Å². The highest BCUT2D eigenvalue weighted by atomic mass is 16.5. The molecule has 0 radical (unpaired) electrons. The van der Waals surface area contributed by atoms with Gasteiger partial charge in [0.1, 0.15) is 11.6 Å². The van der Waals surface area contributed by atoms with Crippen LogP contribution in [0.15, 0.2) is 42.6 Å². The van der Waals surface area contributed by atoms with Crippen LogP contribution in [-0.4, -0.2) is 28.6 Å². The number of nitrogens with two attached hydrogens (primary N) is 1. The largest absolute Gasteiger partial charge is 0.383 e. The molecule has 6 nitrogen and oxygen atoms in total. The number of rotatable bonds is 5. The number of nitrogens with zero attached hydrogens (tertiary/aromatic N) is 2. The maximum atomic E-state index is 12.6. The Morgan fingerprint density at radius 2 is 2.03 bits per heavy atom. The number of carbonyl (C=O) groups is 1. The van der Waals surface area contributed by atoms with Crippen molar-refractivity contribution in [3.8, 4) is 11.3 Å². The number of hydrogen-bond acceptors (Lipinski definition) is 5. The molecule has 1 fully saturated rings. The van der Waals surface area contributed by atoms with Crippen molar-refractivity contribution in [2.24, 2.45) is 11.8 Å². The van der Waals surface area contributed by atoms with Crippen LogP contribution in [0.2, 0.25) is 0 Å². The summed E-state index contributed by atoms with van der Waals surface area (Å²) in [6, 6.07) is 11.9. The highest BCUT2D eigenvalue weighted by molar-refractivity contribution is 5.98. The molecule has 6 heteroatoms. The number of aryl methyl sites for hydroxylation is 1. The number of anilines is 2. The highest BCUT2D eigenvalue weighted by Crippen LogP contribution is 2.48. The zero-order valence-electron chi connectivity index (χ0n) is 17.2. The number of benzene rings is 1. The van der Waals surface area contributed by atoms with Crippen molar-refractivity contribution in [3.05, 3.63) is 48.2 Å². The van der Waals surface area contributed by atoms with Gasteiger partial charge < -0.3 is 15.8 Å². The third-order valence-electron chi connectivity index (χ3n) is 5.96. The number of pyridine rings is 2. The summed E-state index contributed by atoms with van der Waals surface area (Å²) in [5.74, 6) is 1.10. The predicted octanol–water partition coefficient (Wildman–Crippen LogP) is 4.19. The lowest BCUT2D eigenvalue weighted by Crippen LogP contribution is -2.28. The van der Waals surface area contributed by atoms with Crippen molar-refractivity contribution in [2.75, 3.05) is 18.2 Å². The summed E-state index contributed by atoms with van der Waals surface area (Å²) >= 11 is 0. The molecule has 0 saturated heterocycles. The van der Waals surface area contributed by atoms with Crippen LogP contribution in [0.4, 0.5) is 11.6 Å². The van der Waals surface area contributed by atoms with Gasteiger partial charge >= 0.3 is 0 Å². The summed E-state index contributed by atoms with van der Waals surface area (Å²) in [4.78, 5) is 21.5. The first-order chi connectivity index (χ1) is 13.8. The number of ether oxygens (including phenoxy) is 1. The standard InChI is InChI=1S/C23H26N4O2/c1-13-7-5-6-8-15(13)19-9-14-10-20(25-12-17(14)21(24)26-19)27-22(28)16-11-18(16)23(2,3)29-4/h5-10,12,16,18H,11H2,1-4H3,(H2,24,26)(H,25,27,28)/t16-,18-/m1/s1. The number of carbonyl (C=O) groups excluding carboxylic acids is 1. The number of hydrogen-bond donors (Lipinski definition) is 2. The maximum absolute atomic E-state index is 12.6. The van der Waals surface area contributed by atoms with E-state index in [1.807, 2.05) is 57.2 Å².